The third-order valence-electron chi connectivity index (χ3n) is 3.88. The van der Waals surface area contributed by atoms with Crippen LogP contribution in [0.1, 0.15) is 6.92 Å². The summed E-state index contributed by atoms with van der Waals surface area (Å²) in [6.07, 6.45) is 3.83. The Labute approximate surface area is 144 Å². The van der Waals surface area contributed by atoms with E-state index in [0.29, 0.717) is 0 Å². The minimum atomic E-state index is -0.363. The zero-order chi connectivity index (χ0) is 17.1. The maximum atomic E-state index is 13.9. The second-order valence-electron chi connectivity index (χ2n) is 5.50. The molecule has 3 rings (SSSR count). The first-order valence-electron chi connectivity index (χ1n) is 7.59. The zero-order valence-corrected chi connectivity index (χ0v) is 14.6. The van der Waals surface area contributed by atoms with E-state index >= 15 is 0 Å². The van der Waals surface area contributed by atoms with Crippen molar-refractivity contribution in [1.29, 1.82) is 0 Å². The maximum Gasteiger partial charge on any atom is 0.165 e. The average Bonchev–Trinajstić information content (AvgIpc) is 3.23. The van der Waals surface area contributed by atoms with Gasteiger partial charge in [0.05, 0.1) is 24.6 Å². The first-order valence-corrected chi connectivity index (χ1v) is 8.47. The molecule has 0 spiro atoms. The van der Waals surface area contributed by atoms with Crippen LogP contribution in [0.3, 0.4) is 0 Å². The summed E-state index contributed by atoms with van der Waals surface area (Å²) in [6, 6.07) is 7.02. The molecule has 0 aliphatic heterocycles. The number of hydrogen-bond acceptors (Lipinski definition) is 4. The highest BCUT2D eigenvalue weighted by atomic mass is 32.1. The van der Waals surface area contributed by atoms with Gasteiger partial charge >= 0.3 is 0 Å². The van der Waals surface area contributed by atoms with E-state index in [-0.39, 0.29) is 17.7 Å². The van der Waals surface area contributed by atoms with Crippen LogP contribution in [0.4, 0.5) is 4.39 Å². The van der Waals surface area contributed by atoms with Gasteiger partial charge in [-0.3, -0.25) is 0 Å². The monoisotopic (exact) mass is 346 g/mol. The molecule has 2 heterocycles. The summed E-state index contributed by atoms with van der Waals surface area (Å²) in [7, 11) is 3.16. The highest BCUT2D eigenvalue weighted by Gasteiger charge is 2.13. The van der Waals surface area contributed by atoms with Gasteiger partial charge < -0.3 is 14.0 Å². The van der Waals surface area contributed by atoms with E-state index < -0.39 is 0 Å². The Bertz CT molecular complexity index is 828. The van der Waals surface area contributed by atoms with Gasteiger partial charge in [-0.25, -0.2) is 9.37 Å². The third-order valence-corrected chi connectivity index (χ3v) is 4.80. The topological polar surface area (TPSA) is 36.3 Å². The number of halogens is 1. The summed E-state index contributed by atoms with van der Waals surface area (Å²) in [5, 5.41) is 2.01. The van der Waals surface area contributed by atoms with Crippen LogP contribution in [0.2, 0.25) is 0 Å². The van der Waals surface area contributed by atoms with Crippen molar-refractivity contribution in [3.8, 4) is 27.6 Å². The molecule has 0 fully saturated rings. The van der Waals surface area contributed by atoms with Crippen LogP contribution in [0.5, 0.6) is 5.75 Å². The molecule has 4 nitrogen and oxygen atoms in total. The van der Waals surface area contributed by atoms with Crippen molar-refractivity contribution in [3.63, 3.8) is 0 Å². The van der Waals surface area contributed by atoms with Crippen LogP contribution in [-0.4, -0.2) is 29.9 Å². The molecule has 1 unspecified atom stereocenters. The van der Waals surface area contributed by atoms with Gasteiger partial charge in [0, 0.05) is 19.5 Å². The number of rotatable bonds is 6. The number of hydrogen-bond donors (Lipinski definition) is 0. The summed E-state index contributed by atoms with van der Waals surface area (Å²) in [5.74, 6) is 0.778. The predicted molar refractivity (Wildman–Crippen MR) is 94.0 cm³/mol. The molecule has 0 saturated carbocycles. The van der Waals surface area contributed by atoms with Gasteiger partial charge in [-0.1, -0.05) is 6.07 Å². The smallest absolute Gasteiger partial charge is 0.165 e. The molecule has 0 N–H and O–H groups in total. The number of nitrogens with zero attached hydrogens (tertiary/aromatic N) is 2. The molecule has 24 heavy (non-hydrogen) atoms. The van der Waals surface area contributed by atoms with Gasteiger partial charge in [0.15, 0.2) is 11.6 Å². The van der Waals surface area contributed by atoms with Crippen LogP contribution in [-0.2, 0) is 11.3 Å². The van der Waals surface area contributed by atoms with Gasteiger partial charge in [-0.05, 0) is 41.6 Å². The van der Waals surface area contributed by atoms with Crippen molar-refractivity contribution in [3.05, 3.63) is 47.9 Å². The minimum absolute atomic E-state index is 0.105. The average molecular weight is 346 g/mol. The lowest BCUT2D eigenvalue weighted by molar-refractivity contribution is 0.103. The lowest BCUT2D eigenvalue weighted by atomic mass is 10.1. The summed E-state index contributed by atoms with van der Waals surface area (Å²) in [5.41, 5.74) is 1.78. The molecule has 0 bridgehead atoms. The first kappa shape index (κ1) is 16.7. The van der Waals surface area contributed by atoms with Crippen LogP contribution < -0.4 is 4.74 Å². The second-order valence-corrected chi connectivity index (χ2v) is 6.41. The van der Waals surface area contributed by atoms with E-state index in [2.05, 4.69) is 9.55 Å². The van der Waals surface area contributed by atoms with Crippen molar-refractivity contribution in [2.24, 2.45) is 0 Å². The zero-order valence-electron chi connectivity index (χ0n) is 13.8. The maximum absolute atomic E-state index is 13.9. The summed E-state index contributed by atoms with van der Waals surface area (Å²) in [4.78, 5) is 5.49. The third kappa shape index (κ3) is 3.34. The Morgan fingerprint density at radius 1 is 1.25 bits per heavy atom. The van der Waals surface area contributed by atoms with Crippen molar-refractivity contribution in [2.75, 3.05) is 14.2 Å². The molecule has 0 aliphatic carbocycles. The highest BCUT2D eigenvalue weighted by molar-refractivity contribution is 7.13. The number of ether oxygens (including phenoxy) is 2. The SMILES string of the molecule is COc1ccc(-c2csc(-c3nccn3CC(C)OC)c2)cc1F. The summed E-state index contributed by atoms with van der Waals surface area (Å²) in [6.45, 7) is 2.75. The van der Waals surface area contributed by atoms with Crippen molar-refractivity contribution in [1.82, 2.24) is 9.55 Å². The van der Waals surface area contributed by atoms with E-state index in [1.165, 1.54) is 13.2 Å². The molecule has 0 amide bonds. The molecule has 1 aromatic carbocycles. The van der Waals surface area contributed by atoms with Gasteiger partial charge in [0.1, 0.15) is 5.82 Å². The normalized spacial score (nSPS) is 12.3. The Hall–Kier alpha value is -2.18. The number of imidazole rings is 1. The molecule has 0 saturated heterocycles. The number of methoxy groups -OCH3 is 2. The summed E-state index contributed by atoms with van der Waals surface area (Å²) < 4.78 is 26.3. The molecule has 6 heteroatoms. The second kappa shape index (κ2) is 7.15. The molecule has 0 aliphatic rings. The van der Waals surface area contributed by atoms with E-state index in [0.717, 1.165) is 28.4 Å². The van der Waals surface area contributed by atoms with Crippen molar-refractivity contribution < 1.29 is 13.9 Å². The van der Waals surface area contributed by atoms with Crippen LogP contribution in [0.25, 0.3) is 21.8 Å². The van der Waals surface area contributed by atoms with E-state index in [9.17, 15) is 4.39 Å². The van der Waals surface area contributed by atoms with Crippen LogP contribution in [0.15, 0.2) is 42.0 Å². The highest BCUT2D eigenvalue weighted by Crippen LogP contribution is 2.33. The Kier molecular flexibility index (Phi) is 4.97. The number of thiophene rings is 1. The van der Waals surface area contributed by atoms with Gasteiger partial charge in [-0.2, -0.15) is 0 Å². The Morgan fingerprint density at radius 3 is 2.79 bits per heavy atom. The van der Waals surface area contributed by atoms with E-state index in [1.54, 1.807) is 30.7 Å². The molecule has 126 valence electrons. The lowest BCUT2D eigenvalue weighted by Crippen LogP contribution is -2.14. The largest absolute Gasteiger partial charge is 0.494 e. The van der Waals surface area contributed by atoms with Crippen molar-refractivity contribution in [2.45, 2.75) is 19.6 Å². The Balaban J connectivity index is 1.89. The van der Waals surface area contributed by atoms with Crippen LogP contribution >= 0.6 is 11.3 Å². The predicted octanol–water partition coefficient (Wildman–Crippen LogP) is 4.46. The molecule has 2 aromatic heterocycles. The summed E-state index contributed by atoms with van der Waals surface area (Å²) >= 11 is 1.59. The molecular formula is C18H19FN2O2S. The standard InChI is InChI=1S/C18H19FN2O2S/c1-12(22-2)10-21-7-6-20-18(21)17-9-14(11-24-17)13-4-5-16(23-3)15(19)8-13/h4-9,11-12H,10H2,1-3H3. The Morgan fingerprint density at radius 2 is 2.08 bits per heavy atom. The van der Waals surface area contributed by atoms with E-state index in [4.69, 9.17) is 9.47 Å². The molecular weight excluding hydrogens is 327 g/mol. The van der Waals surface area contributed by atoms with Crippen LogP contribution in [0, 0.1) is 5.82 Å². The quantitative estimate of drug-likeness (QED) is 0.661. The lowest BCUT2D eigenvalue weighted by Gasteiger charge is -2.12. The molecule has 1 atom stereocenters. The minimum Gasteiger partial charge on any atom is -0.494 e. The first-order chi connectivity index (χ1) is 11.6. The van der Waals surface area contributed by atoms with Gasteiger partial charge in [-0.15, -0.1) is 11.3 Å². The fourth-order valence-corrected chi connectivity index (χ4v) is 3.41. The fourth-order valence-electron chi connectivity index (χ4n) is 2.48. The van der Waals surface area contributed by atoms with Gasteiger partial charge in [0.25, 0.3) is 0 Å². The fraction of sp³-hybridized carbons (Fsp3) is 0.278. The van der Waals surface area contributed by atoms with Crippen molar-refractivity contribution >= 4 is 11.3 Å². The number of benzene rings is 1. The molecule has 3 aromatic rings. The van der Waals surface area contributed by atoms with Gasteiger partial charge in [0.2, 0.25) is 0 Å². The number of aromatic nitrogens is 2. The molecule has 0 radical (unpaired) electrons. The van der Waals surface area contributed by atoms with E-state index in [1.807, 2.05) is 30.6 Å².